The molecule has 2 aliphatic rings. The van der Waals surface area contributed by atoms with Gasteiger partial charge in [-0.1, -0.05) is 42.2 Å². The zero-order chi connectivity index (χ0) is 17.3. The van der Waals surface area contributed by atoms with E-state index in [1.807, 2.05) is 31.2 Å². The fourth-order valence-electron chi connectivity index (χ4n) is 2.80. The van der Waals surface area contributed by atoms with Gasteiger partial charge in [0, 0.05) is 5.56 Å². The average molecular weight is 384 g/mol. The van der Waals surface area contributed by atoms with Gasteiger partial charge in [-0.2, -0.15) is 0 Å². The predicted molar refractivity (Wildman–Crippen MR) is 99.7 cm³/mol. The lowest BCUT2D eigenvalue weighted by Gasteiger charge is -2.20. The maximum atomic E-state index is 12.7. The Morgan fingerprint density at radius 3 is 2.83 bits per heavy atom. The number of para-hydroxylation sites is 1. The van der Waals surface area contributed by atoms with E-state index in [4.69, 9.17) is 17.0 Å². The zero-order valence-electron chi connectivity index (χ0n) is 13.1. The highest BCUT2D eigenvalue weighted by molar-refractivity contribution is 8.26. The van der Waals surface area contributed by atoms with Gasteiger partial charge in [-0.3, -0.25) is 9.69 Å². The molecule has 0 spiro atoms. The van der Waals surface area contributed by atoms with Crippen LogP contribution in [0.25, 0.3) is 6.08 Å². The van der Waals surface area contributed by atoms with E-state index < -0.39 is 9.84 Å². The summed E-state index contributed by atoms with van der Waals surface area (Å²) in [5.41, 5.74) is 0.805. The molecule has 8 heteroatoms. The van der Waals surface area contributed by atoms with E-state index in [9.17, 15) is 13.2 Å². The Hall–Kier alpha value is -1.38. The monoisotopic (exact) mass is 383 g/mol. The number of hydrogen-bond donors (Lipinski definition) is 0. The quantitative estimate of drug-likeness (QED) is 0.588. The number of benzene rings is 1. The third-order valence-corrected chi connectivity index (χ3v) is 6.98. The van der Waals surface area contributed by atoms with Crippen LogP contribution in [0.3, 0.4) is 0 Å². The summed E-state index contributed by atoms with van der Waals surface area (Å²) < 4.78 is 29.4. The van der Waals surface area contributed by atoms with Gasteiger partial charge in [0.15, 0.2) is 9.84 Å². The molecule has 2 aliphatic heterocycles. The molecule has 1 aromatic carbocycles. The van der Waals surface area contributed by atoms with Gasteiger partial charge in [0.05, 0.1) is 29.1 Å². The van der Waals surface area contributed by atoms with Crippen molar-refractivity contribution in [2.45, 2.75) is 19.4 Å². The summed E-state index contributed by atoms with van der Waals surface area (Å²) in [4.78, 5) is 14.7. The lowest BCUT2D eigenvalue weighted by atomic mass is 10.1. The summed E-state index contributed by atoms with van der Waals surface area (Å²) in [6, 6.07) is 7.11. The smallest absolute Gasteiger partial charge is 0.266 e. The fraction of sp³-hybridized carbons (Fsp3) is 0.375. The minimum atomic E-state index is -3.07. The van der Waals surface area contributed by atoms with Gasteiger partial charge in [0.2, 0.25) is 0 Å². The standard InChI is InChI=1S/C16H17NO4S3/c1-2-21-13-6-4-3-5-11(13)9-14-15(18)17(16(22)23-14)12-7-8-24(19,20)10-12/h3-6,9,12H,2,7-8,10H2,1H3/b14-9+/t12-/m0/s1. The minimum Gasteiger partial charge on any atom is -0.493 e. The van der Waals surface area contributed by atoms with Crippen LogP contribution in [-0.4, -0.2) is 47.7 Å². The van der Waals surface area contributed by atoms with Crippen molar-refractivity contribution < 1.29 is 17.9 Å². The molecule has 0 radical (unpaired) electrons. The number of thiocarbonyl (C=S) groups is 1. The summed E-state index contributed by atoms with van der Waals surface area (Å²) in [6.07, 6.45) is 2.20. The molecule has 3 rings (SSSR count). The molecule has 5 nitrogen and oxygen atoms in total. The lowest BCUT2D eigenvalue weighted by Crippen LogP contribution is -2.39. The number of carbonyl (C=O) groups is 1. The highest BCUT2D eigenvalue weighted by Crippen LogP contribution is 2.37. The van der Waals surface area contributed by atoms with Crippen molar-refractivity contribution >= 4 is 50.1 Å². The molecule has 0 bridgehead atoms. The topological polar surface area (TPSA) is 63.7 Å². The van der Waals surface area contributed by atoms with Crippen molar-refractivity contribution in [1.29, 1.82) is 0 Å². The lowest BCUT2D eigenvalue weighted by molar-refractivity contribution is -0.123. The SMILES string of the molecule is CCOc1ccccc1/C=C1/SC(=S)N([C@H]2CCS(=O)(=O)C2)C1=O. The van der Waals surface area contributed by atoms with E-state index in [0.717, 1.165) is 5.56 Å². The van der Waals surface area contributed by atoms with Crippen LogP contribution < -0.4 is 4.74 Å². The molecule has 2 saturated heterocycles. The van der Waals surface area contributed by atoms with Crippen molar-refractivity contribution in [2.75, 3.05) is 18.1 Å². The second-order valence-electron chi connectivity index (χ2n) is 5.58. The zero-order valence-corrected chi connectivity index (χ0v) is 15.5. The Bertz CT molecular complexity index is 816. The molecule has 0 unspecified atom stereocenters. The first kappa shape index (κ1) is 17.4. The van der Waals surface area contributed by atoms with Crippen LogP contribution >= 0.6 is 24.0 Å². The summed E-state index contributed by atoms with van der Waals surface area (Å²) in [7, 11) is -3.07. The molecular formula is C16H17NO4S3. The first-order valence-electron chi connectivity index (χ1n) is 7.60. The van der Waals surface area contributed by atoms with Crippen molar-refractivity contribution in [3.05, 3.63) is 34.7 Å². The van der Waals surface area contributed by atoms with E-state index in [-0.39, 0.29) is 23.5 Å². The Morgan fingerprint density at radius 1 is 1.42 bits per heavy atom. The Labute approximate surface area is 151 Å². The number of sulfone groups is 1. The highest BCUT2D eigenvalue weighted by atomic mass is 32.2. The van der Waals surface area contributed by atoms with Crippen LogP contribution in [0.15, 0.2) is 29.2 Å². The van der Waals surface area contributed by atoms with Gasteiger partial charge in [-0.25, -0.2) is 8.42 Å². The molecule has 0 saturated carbocycles. The van der Waals surface area contributed by atoms with Gasteiger partial charge >= 0.3 is 0 Å². The third kappa shape index (κ3) is 3.50. The first-order valence-corrected chi connectivity index (χ1v) is 10.6. The Balaban J connectivity index is 1.87. The van der Waals surface area contributed by atoms with Crippen molar-refractivity contribution in [1.82, 2.24) is 4.90 Å². The van der Waals surface area contributed by atoms with Crippen LogP contribution in [0.1, 0.15) is 18.9 Å². The molecule has 0 N–H and O–H groups in total. The summed E-state index contributed by atoms with van der Waals surface area (Å²) in [6.45, 7) is 2.43. The van der Waals surface area contributed by atoms with Crippen molar-refractivity contribution in [2.24, 2.45) is 0 Å². The van der Waals surface area contributed by atoms with Gasteiger partial charge < -0.3 is 4.74 Å². The van der Waals surface area contributed by atoms with Gasteiger partial charge in [0.25, 0.3) is 5.91 Å². The van der Waals surface area contributed by atoms with Crippen LogP contribution in [0, 0.1) is 0 Å². The van der Waals surface area contributed by atoms with Crippen LogP contribution in [-0.2, 0) is 14.6 Å². The number of ether oxygens (including phenoxy) is 1. The van der Waals surface area contributed by atoms with Gasteiger partial charge in [0.1, 0.15) is 10.1 Å². The fourth-order valence-corrected chi connectivity index (χ4v) is 5.89. The van der Waals surface area contributed by atoms with E-state index in [1.165, 1.54) is 16.7 Å². The van der Waals surface area contributed by atoms with Crippen LogP contribution in [0.5, 0.6) is 5.75 Å². The van der Waals surface area contributed by atoms with Gasteiger partial charge in [-0.05, 0) is 25.5 Å². The number of carbonyl (C=O) groups excluding carboxylic acids is 1. The van der Waals surface area contributed by atoms with Crippen molar-refractivity contribution in [3.63, 3.8) is 0 Å². The molecule has 24 heavy (non-hydrogen) atoms. The molecular weight excluding hydrogens is 366 g/mol. The molecule has 1 aromatic rings. The molecule has 0 aliphatic carbocycles. The molecule has 1 amide bonds. The van der Waals surface area contributed by atoms with Gasteiger partial charge in [-0.15, -0.1) is 0 Å². The summed E-state index contributed by atoms with van der Waals surface area (Å²) in [5, 5.41) is 0. The third-order valence-electron chi connectivity index (χ3n) is 3.90. The minimum absolute atomic E-state index is 0.0117. The maximum absolute atomic E-state index is 12.7. The molecule has 2 heterocycles. The molecule has 0 aromatic heterocycles. The average Bonchev–Trinajstić information content (AvgIpc) is 3.01. The van der Waals surface area contributed by atoms with E-state index >= 15 is 0 Å². The largest absolute Gasteiger partial charge is 0.493 e. The second-order valence-corrected chi connectivity index (χ2v) is 9.48. The Kier molecular flexibility index (Phi) is 4.98. The maximum Gasteiger partial charge on any atom is 0.266 e. The van der Waals surface area contributed by atoms with Crippen molar-refractivity contribution in [3.8, 4) is 5.75 Å². The molecule has 1 atom stereocenters. The highest BCUT2D eigenvalue weighted by Gasteiger charge is 2.42. The van der Waals surface area contributed by atoms with Crippen LogP contribution in [0.4, 0.5) is 0 Å². The summed E-state index contributed by atoms with van der Waals surface area (Å²) in [5.74, 6) is 0.579. The summed E-state index contributed by atoms with van der Waals surface area (Å²) >= 11 is 6.52. The van der Waals surface area contributed by atoms with Crippen LogP contribution in [0.2, 0.25) is 0 Å². The number of amides is 1. The number of rotatable bonds is 4. The molecule has 2 fully saturated rings. The number of hydrogen-bond acceptors (Lipinski definition) is 6. The normalized spacial score (nSPS) is 24.8. The number of nitrogens with zero attached hydrogens (tertiary/aromatic N) is 1. The number of thioether (sulfide) groups is 1. The first-order chi connectivity index (χ1) is 11.4. The van der Waals surface area contributed by atoms with E-state index in [2.05, 4.69) is 0 Å². The predicted octanol–water partition coefficient (Wildman–Crippen LogP) is 2.47. The van der Waals surface area contributed by atoms with E-state index in [1.54, 1.807) is 6.08 Å². The van der Waals surface area contributed by atoms with E-state index in [0.29, 0.717) is 28.0 Å². The second kappa shape index (κ2) is 6.85. The molecule has 128 valence electrons. The Morgan fingerprint density at radius 2 is 2.17 bits per heavy atom.